The normalized spacial score (nSPS) is 18.0. The van der Waals surface area contributed by atoms with Gasteiger partial charge in [-0.2, -0.15) is 4.98 Å². The fourth-order valence-corrected chi connectivity index (χ4v) is 2.87. The molecule has 24 heavy (non-hydrogen) atoms. The van der Waals surface area contributed by atoms with Gasteiger partial charge in [-0.1, -0.05) is 19.0 Å². The van der Waals surface area contributed by atoms with E-state index in [4.69, 9.17) is 8.94 Å². The lowest BCUT2D eigenvalue weighted by atomic mass is 10.0. The molecule has 1 amide bonds. The topological polar surface area (TPSA) is 84.4 Å². The number of rotatable bonds is 5. The van der Waals surface area contributed by atoms with Crippen LogP contribution in [0.5, 0.6) is 0 Å². The maximum atomic E-state index is 11.8. The first kappa shape index (κ1) is 16.7. The minimum atomic E-state index is 0.0281. The Morgan fingerprint density at radius 3 is 2.71 bits per heavy atom. The molecular weight excluding hydrogens is 308 g/mol. The molecule has 0 aliphatic carbocycles. The van der Waals surface area contributed by atoms with Gasteiger partial charge >= 0.3 is 0 Å². The van der Waals surface area contributed by atoms with Gasteiger partial charge in [-0.15, -0.1) is 0 Å². The van der Waals surface area contributed by atoms with Crippen LogP contribution in [0, 0.1) is 5.92 Å². The summed E-state index contributed by atoms with van der Waals surface area (Å²) in [5, 5.41) is 7.10. The summed E-state index contributed by atoms with van der Waals surface area (Å²) < 4.78 is 10.7. The fourth-order valence-electron chi connectivity index (χ4n) is 2.87. The number of nitrogens with one attached hydrogen (secondary N) is 1. The van der Waals surface area contributed by atoms with Crippen LogP contribution < -0.4 is 5.32 Å². The van der Waals surface area contributed by atoms with E-state index in [9.17, 15) is 4.79 Å². The summed E-state index contributed by atoms with van der Waals surface area (Å²) in [6, 6.07) is 3.90. The number of amides is 1. The SMILES string of the molecule is CC(C)C(=O)NC1CCN(C(C)c2nc(-c3ccco3)no2)CC1. The van der Waals surface area contributed by atoms with Gasteiger partial charge in [0.1, 0.15) is 0 Å². The molecule has 0 bridgehead atoms. The van der Waals surface area contributed by atoms with Gasteiger partial charge in [0.2, 0.25) is 17.6 Å². The molecule has 2 aromatic rings. The molecule has 2 aromatic heterocycles. The van der Waals surface area contributed by atoms with Crippen LogP contribution in [0.4, 0.5) is 0 Å². The zero-order valence-corrected chi connectivity index (χ0v) is 14.4. The molecule has 0 spiro atoms. The number of hydrogen-bond acceptors (Lipinski definition) is 6. The van der Waals surface area contributed by atoms with Crippen molar-refractivity contribution < 1.29 is 13.7 Å². The number of aromatic nitrogens is 2. The van der Waals surface area contributed by atoms with E-state index in [2.05, 4.69) is 27.3 Å². The summed E-state index contributed by atoms with van der Waals surface area (Å²) in [7, 11) is 0. The first-order valence-electron chi connectivity index (χ1n) is 8.46. The molecule has 1 N–H and O–H groups in total. The van der Waals surface area contributed by atoms with Crippen LogP contribution in [0.15, 0.2) is 27.3 Å². The van der Waals surface area contributed by atoms with Crippen LogP contribution in [-0.2, 0) is 4.79 Å². The molecule has 0 aromatic carbocycles. The summed E-state index contributed by atoms with van der Waals surface area (Å²) in [4.78, 5) is 18.5. The third-order valence-corrected chi connectivity index (χ3v) is 4.49. The fraction of sp³-hybridized carbons (Fsp3) is 0.588. The van der Waals surface area contributed by atoms with Crippen molar-refractivity contribution in [1.29, 1.82) is 0 Å². The summed E-state index contributed by atoms with van der Waals surface area (Å²) in [6.07, 6.45) is 3.45. The van der Waals surface area contributed by atoms with Crippen molar-refractivity contribution in [2.24, 2.45) is 5.92 Å². The molecule has 1 aliphatic rings. The van der Waals surface area contributed by atoms with E-state index >= 15 is 0 Å². The summed E-state index contributed by atoms with van der Waals surface area (Å²) in [6.45, 7) is 7.68. The molecule has 7 heteroatoms. The molecule has 3 heterocycles. The Labute approximate surface area is 141 Å². The zero-order valence-electron chi connectivity index (χ0n) is 14.4. The Kier molecular flexibility index (Phi) is 4.99. The monoisotopic (exact) mass is 332 g/mol. The van der Waals surface area contributed by atoms with Gasteiger partial charge in [-0.3, -0.25) is 9.69 Å². The van der Waals surface area contributed by atoms with Gasteiger partial charge in [0, 0.05) is 25.0 Å². The first-order chi connectivity index (χ1) is 11.5. The first-order valence-corrected chi connectivity index (χ1v) is 8.46. The van der Waals surface area contributed by atoms with E-state index in [1.807, 2.05) is 19.9 Å². The molecule has 1 atom stereocenters. The Morgan fingerprint density at radius 2 is 2.08 bits per heavy atom. The lowest BCUT2D eigenvalue weighted by Crippen LogP contribution is -2.46. The predicted molar refractivity (Wildman–Crippen MR) is 88.0 cm³/mol. The Bertz CT molecular complexity index is 657. The maximum Gasteiger partial charge on any atom is 0.244 e. The number of likely N-dealkylation sites (tertiary alicyclic amines) is 1. The van der Waals surface area contributed by atoms with Crippen molar-refractivity contribution in [3.63, 3.8) is 0 Å². The largest absolute Gasteiger partial charge is 0.461 e. The Morgan fingerprint density at radius 1 is 1.33 bits per heavy atom. The quantitative estimate of drug-likeness (QED) is 0.906. The highest BCUT2D eigenvalue weighted by Crippen LogP contribution is 2.25. The van der Waals surface area contributed by atoms with Crippen LogP contribution in [0.1, 0.15) is 45.5 Å². The standard InChI is InChI=1S/C17H24N4O3/c1-11(2)16(22)18-13-6-8-21(9-7-13)12(3)17-19-15(20-24-17)14-5-4-10-23-14/h4-5,10-13H,6-9H2,1-3H3,(H,18,22). The van der Waals surface area contributed by atoms with Crippen LogP contribution >= 0.6 is 0 Å². The second-order valence-corrected chi connectivity index (χ2v) is 6.58. The highest BCUT2D eigenvalue weighted by molar-refractivity contribution is 5.78. The summed E-state index contributed by atoms with van der Waals surface area (Å²) in [5.74, 6) is 1.82. The molecule has 130 valence electrons. The van der Waals surface area contributed by atoms with E-state index in [-0.39, 0.29) is 23.9 Å². The van der Waals surface area contributed by atoms with Crippen LogP contribution in [0.25, 0.3) is 11.6 Å². The molecule has 1 unspecified atom stereocenters. The van der Waals surface area contributed by atoms with Crippen molar-refractivity contribution in [3.8, 4) is 11.6 Å². The average molecular weight is 332 g/mol. The summed E-state index contributed by atoms with van der Waals surface area (Å²) >= 11 is 0. The number of furan rings is 1. The number of hydrogen-bond donors (Lipinski definition) is 1. The van der Waals surface area contributed by atoms with E-state index in [0.29, 0.717) is 17.5 Å². The lowest BCUT2D eigenvalue weighted by molar-refractivity contribution is -0.125. The van der Waals surface area contributed by atoms with E-state index in [1.165, 1.54) is 0 Å². The molecule has 1 fully saturated rings. The molecule has 0 saturated carbocycles. The Balaban J connectivity index is 1.55. The average Bonchev–Trinajstić information content (AvgIpc) is 3.26. The van der Waals surface area contributed by atoms with Crippen molar-refractivity contribution in [2.75, 3.05) is 13.1 Å². The number of piperidine rings is 1. The van der Waals surface area contributed by atoms with Gasteiger partial charge in [0.15, 0.2) is 5.76 Å². The molecular formula is C17H24N4O3. The summed E-state index contributed by atoms with van der Waals surface area (Å²) in [5.41, 5.74) is 0. The van der Waals surface area contributed by atoms with Gasteiger partial charge in [0.25, 0.3) is 0 Å². The highest BCUT2D eigenvalue weighted by Gasteiger charge is 2.28. The molecule has 1 saturated heterocycles. The number of carbonyl (C=O) groups is 1. The predicted octanol–water partition coefficient (Wildman–Crippen LogP) is 2.63. The number of carbonyl (C=O) groups excluding carboxylic acids is 1. The molecule has 3 rings (SSSR count). The van der Waals surface area contributed by atoms with Crippen molar-refractivity contribution in [3.05, 3.63) is 24.3 Å². The molecule has 1 aliphatic heterocycles. The van der Waals surface area contributed by atoms with Crippen LogP contribution in [0.2, 0.25) is 0 Å². The second kappa shape index (κ2) is 7.17. The van der Waals surface area contributed by atoms with E-state index in [0.717, 1.165) is 25.9 Å². The van der Waals surface area contributed by atoms with Gasteiger partial charge in [-0.25, -0.2) is 0 Å². The molecule has 7 nitrogen and oxygen atoms in total. The lowest BCUT2D eigenvalue weighted by Gasteiger charge is -2.35. The Hall–Kier alpha value is -2.15. The van der Waals surface area contributed by atoms with Gasteiger partial charge in [-0.05, 0) is 31.9 Å². The van der Waals surface area contributed by atoms with Crippen molar-refractivity contribution >= 4 is 5.91 Å². The maximum absolute atomic E-state index is 11.8. The highest BCUT2D eigenvalue weighted by atomic mass is 16.5. The van der Waals surface area contributed by atoms with Crippen molar-refractivity contribution in [2.45, 2.75) is 45.7 Å². The zero-order chi connectivity index (χ0) is 17.1. The smallest absolute Gasteiger partial charge is 0.244 e. The van der Waals surface area contributed by atoms with Gasteiger partial charge < -0.3 is 14.3 Å². The van der Waals surface area contributed by atoms with Gasteiger partial charge in [0.05, 0.1) is 12.3 Å². The minimum absolute atomic E-state index is 0.0281. The van der Waals surface area contributed by atoms with Crippen molar-refractivity contribution in [1.82, 2.24) is 20.4 Å². The minimum Gasteiger partial charge on any atom is -0.461 e. The van der Waals surface area contributed by atoms with Crippen LogP contribution in [0.3, 0.4) is 0 Å². The van der Waals surface area contributed by atoms with Crippen LogP contribution in [-0.4, -0.2) is 40.1 Å². The number of nitrogens with zero attached hydrogens (tertiary/aromatic N) is 3. The third kappa shape index (κ3) is 3.67. The molecule has 0 radical (unpaired) electrons. The van der Waals surface area contributed by atoms with E-state index < -0.39 is 0 Å². The third-order valence-electron chi connectivity index (χ3n) is 4.49. The van der Waals surface area contributed by atoms with E-state index in [1.54, 1.807) is 12.3 Å². The second-order valence-electron chi connectivity index (χ2n) is 6.58.